The molecule has 106 valence electrons. The van der Waals surface area contributed by atoms with E-state index in [1.807, 2.05) is 6.92 Å². The van der Waals surface area contributed by atoms with Crippen molar-refractivity contribution in [1.82, 2.24) is 10.2 Å². The van der Waals surface area contributed by atoms with Crippen molar-refractivity contribution < 1.29 is 14.3 Å². The van der Waals surface area contributed by atoms with Crippen LogP contribution >= 0.6 is 0 Å². The summed E-state index contributed by atoms with van der Waals surface area (Å²) in [6.45, 7) is 2.93. The van der Waals surface area contributed by atoms with E-state index in [0.717, 1.165) is 45.1 Å². The number of amides is 2. The van der Waals surface area contributed by atoms with E-state index in [4.69, 9.17) is 4.74 Å². The Morgan fingerprint density at radius 1 is 1.32 bits per heavy atom. The fourth-order valence-electron chi connectivity index (χ4n) is 3.64. The standard InChI is InChI=1S/C14H22N2O3/c1-2-19-11-7-10(8-11)16-9-12(17)15-14(13(16)18)5-3-4-6-14/h10-11H,2-9H2,1H3,(H,15,17). The second-order valence-corrected chi connectivity index (χ2v) is 5.97. The van der Waals surface area contributed by atoms with Gasteiger partial charge in [0.25, 0.3) is 0 Å². The van der Waals surface area contributed by atoms with Gasteiger partial charge in [0, 0.05) is 12.6 Å². The Balaban J connectivity index is 1.68. The number of ether oxygens (including phenoxy) is 1. The zero-order valence-corrected chi connectivity index (χ0v) is 11.5. The number of hydrogen-bond donors (Lipinski definition) is 1. The number of nitrogens with one attached hydrogen (secondary N) is 1. The molecule has 3 fully saturated rings. The maximum Gasteiger partial charge on any atom is 0.249 e. The van der Waals surface area contributed by atoms with E-state index in [0.29, 0.717) is 0 Å². The highest BCUT2D eigenvalue weighted by molar-refractivity contribution is 5.98. The second kappa shape index (κ2) is 4.78. The number of hydrogen-bond acceptors (Lipinski definition) is 3. The third-order valence-corrected chi connectivity index (χ3v) is 4.73. The summed E-state index contributed by atoms with van der Waals surface area (Å²) in [6.07, 6.45) is 5.70. The molecule has 0 atom stereocenters. The maximum absolute atomic E-state index is 12.7. The predicted octanol–water partition coefficient (Wildman–Crippen LogP) is 0.825. The van der Waals surface area contributed by atoms with Crippen molar-refractivity contribution in [3.8, 4) is 0 Å². The van der Waals surface area contributed by atoms with Gasteiger partial charge < -0.3 is 15.0 Å². The summed E-state index contributed by atoms with van der Waals surface area (Å²) in [7, 11) is 0. The van der Waals surface area contributed by atoms with Crippen molar-refractivity contribution in [3.05, 3.63) is 0 Å². The zero-order valence-electron chi connectivity index (χ0n) is 11.5. The smallest absolute Gasteiger partial charge is 0.249 e. The molecule has 2 amide bonds. The van der Waals surface area contributed by atoms with Gasteiger partial charge in [-0.1, -0.05) is 12.8 Å². The lowest BCUT2D eigenvalue weighted by Crippen LogP contribution is -2.69. The van der Waals surface area contributed by atoms with Crippen molar-refractivity contribution in [3.63, 3.8) is 0 Å². The Kier molecular flexibility index (Phi) is 3.25. The number of nitrogens with zero attached hydrogens (tertiary/aromatic N) is 1. The molecule has 3 aliphatic rings. The molecule has 1 spiro atoms. The average Bonchev–Trinajstić information content (AvgIpc) is 2.78. The Bertz CT molecular complexity index is 384. The van der Waals surface area contributed by atoms with E-state index >= 15 is 0 Å². The van der Waals surface area contributed by atoms with Crippen LogP contribution in [0.4, 0.5) is 0 Å². The van der Waals surface area contributed by atoms with Gasteiger partial charge in [-0.3, -0.25) is 9.59 Å². The Morgan fingerprint density at radius 3 is 2.63 bits per heavy atom. The van der Waals surface area contributed by atoms with Crippen LogP contribution in [0.15, 0.2) is 0 Å². The molecule has 0 aromatic carbocycles. The van der Waals surface area contributed by atoms with Crippen LogP contribution in [0.25, 0.3) is 0 Å². The van der Waals surface area contributed by atoms with Crippen LogP contribution in [-0.2, 0) is 14.3 Å². The molecular weight excluding hydrogens is 244 g/mol. The molecule has 19 heavy (non-hydrogen) atoms. The maximum atomic E-state index is 12.7. The van der Waals surface area contributed by atoms with Gasteiger partial charge in [-0.15, -0.1) is 0 Å². The van der Waals surface area contributed by atoms with E-state index in [1.54, 1.807) is 4.90 Å². The molecule has 2 aliphatic carbocycles. The van der Waals surface area contributed by atoms with Gasteiger partial charge >= 0.3 is 0 Å². The minimum Gasteiger partial charge on any atom is -0.378 e. The lowest BCUT2D eigenvalue weighted by Gasteiger charge is -2.48. The third kappa shape index (κ3) is 2.14. The summed E-state index contributed by atoms with van der Waals surface area (Å²) in [5.41, 5.74) is -0.577. The number of piperazine rings is 1. The molecule has 0 aromatic heterocycles. The SMILES string of the molecule is CCOC1CC(N2CC(=O)NC3(CCCC3)C2=O)C1. The highest BCUT2D eigenvalue weighted by Gasteiger charge is 2.51. The van der Waals surface area contributed by atoms with Gasteiger partial charge in [0.05, 0.1) is 12.6 Å². The van der Waals surface area contributed by atoms with Crippen LogP contribution in [0.2, 0.25) is 0 Å². The molecule has 3 rings (SSSR count). The molecule has 0 aromatic rings. The van der Waals surface area contributed by atoms with Crippen LogP contribution < -0.4 is 5.32 Å². The van der Waals surface area contributed by atoms with Crippen molar-refractivity contribution in [2.24, 2.45) is 0 Å². The monoisotopic (exact) mass is 266 g/mol. The molecule has 0 radical (unpaired) electrons. The van der Waals surface area contributed by atoms with E-state index < -0.39 is 5.54 Å². The van der Waals surface area contributed by atoms with E-state index in [-0.39, 0.29) is 30.5 Å². The summed E-state index contributed by atoms with van der Waals surface area (Å²) in [4.78, 5) is 26.4. The fourth-order valence-corrected chi connectivity index (χ4v) is 3.64. The molecule has 0 unspecified atom stereocenters. The summed E-state index contributed by atoms with van der Waals surface area (Å²) in [6, 6.07) is 0.201. The van der Waals surface area contributed by atoms with Gasteiger partial charge in [-0.2, -0.15) is 0 Å². The molecule has 1 heterocycles. The first-order chi connectivity index (χ1) is 9.14. The lowest BCUT2D eigenvalue weighted by atomic mass is 9.84. The third-order valence-electron chi connectivity index (χ3n) is 4.73. The molecule has 2 saturated carbocycles. The first-order valence-electron chi connectivity index (χ1n) is 7.38. The first kappa shape index (κ1) is 12.9. The molecule has 5 nitrogen and oxygen atoms in total. The second-order valence-electron chi connectivity index (χ2n) is 5.97. The van der Waals surface area contributed by atoms with E-state index in [2.05, 4.69) is 5.32 Å². The first-order valence-corrected chi connectivity index (χ1v) is 7.38. The normalized spacial score (nSPS) is 33.4. The molecule has 0 bridgehead atoms. The van der Waals surface area contributed by atoms with Crippen molar-refractivity contribution in [2.75, 3.05) is 13.2 Å². The number of carbonyl (C=O) groups is 2. The summed E-state index contributed by atoms with van der Waals surface area (Å²) in [5.74, 6) is 0.144. The van der Waals surface area contributed by atoms with Crippen molar-refractivity contribution in [2.45, 2.75) is 63.1 Å². The zero-order chi connectivity index (χ0) is 13.5. The van der Waals surface area contributed by atoms with Crippen molar-refractivity contribution >= 4 is 11.8 Å². The van der Waals surface area contributed by atoms with Crippen LogP contribution in [0, 0.1) is 0 Å². The van der Waals surface area contributed by atoms with Crippen LogP contribution in [0.1, 0.15) is 45.4 Å². The van der Waals surface area contributed by atoms with Gasteiger partial charge in [-0.25, -0.2) is 0 Å². The highest BCUT2D eigenvalue weighted by atomic mass is 16.5. The fraction of sp³-hybridized carbons (Fsp3) is 0.857. The molecule has 5 heteroatoms. The molecule has 1 aliphatic heterocycles. The largest absolute Gasteiger partial charge is 0.378 e. The number of rotatable bonds is 3. The minimum atomic E-state index is -0.577. The summed E-state index contributed by atoms with van der Waals surface area (Å²) in [5, 5.41) is 2.95. The van der Waals surface area contributed by atoms with E-state index in [1.165, 1.54) is 0 Å². The Morgan fingerprint density at radius 2 is 2.00 bits per heavy atom. The van der Waals surface area contributed by atoms with Crippen LogP contribution in [0.3, 0.4) is 0 Å². The Hall–Kier alpha value is -1.10. The van der Waals surface area contributed by atoms with Gasteiger partial charge in [0.2, 0.25) is 11.8 Å². The van der Waals surface area contributed by atoms with Crippen LogP contribution in [0.5, 0.6) is 0 Å². The predicted molar refractivity (Wildman–Crippen MR) is 69.5 cm³/mol. The van der Waals surface area contributed by atoms with E-state index in [9.17, 15) is 9.59 Å². The van der Waals surface area contributed by atoms with Crippen molar-refractivity contribution in [1.29, 1.82) is 0 Å². The van der Waals surface area contributed by atoms with Gasteiger partial charge in [0.15, 0.2) is 0 Å². The topological polar surface area (TPSA) is 58.6 Å². The van der Waals surface area contributed by atoms with Gasteiger partial charge in [-0.05, 0) is 32.6 Å². The Labute approximate surface area is 113 Å². The lowest BCUT2D eigenvalue weighted by molar-refractivity contribution is -0.157. The highest BCUT2D eigenvalue weighted by Crippen LogP contribution is 2.37. The summed E-state index contributed by atoms with van der Waals surface area (Å²) < 4.78 is 5.54. The average molecular weight is 266 g/mol. The summed E-state index contributed by atoms with van der Waals surface area (Å²) >= 11 is 0. The quantitative estimate of drug-likeness (QED) is 0.823. The molecule has 1 saturated heterocycles. The molecular formula is C14H22N2O3. The minimum absolute atomic E-state index is 0.00126. The number of carbonyl (C=O) groups excluding carboxylic acids is 2. The molecule has 1 N–H and O–H groups in total. The van der Waals surface area contributed by atoms with Crippen LogP contribution in [-0.4, -0.2) is 47.6 Å². The van der Waals surface area contributed by atoms with Gasteiger partial charge in [0.1, 0.15) is 5.54 Å².